The Kier molecular flexibility index (Phi) is 9.83. The van der Waals surface area contributed by atoms with Crippen molar-refractivity contribution in [3.05, 3.63) is 0 Å². The fourth-order valence-corrected chi connectivity index (χ4v) is 3.12. The molecule has 0 spiro atoms. The lowest BCUT2D eigenvalue weighted by Gasteiger charge is -2.27. The SMILES string of the molecule is CN(C)C(=O)CN=C(NCCN1CCOCC1)NCC(NC(=O)OC(C)(C)C)C1CC1. The Morgan fingerprint density at radius 3 is 2.45 bits per heavy atom. The molecular formula is C21H40N6O4. The maximum Gasteiger partial charge on any atom is 0.407 e. The molecule has 10 heteroatoms. The van der Waals surface area contributed by atoms with Gasteiger partial charge in [0.1, 0.15) is 12.1 Å². The lowest BCUT2D eigenvalue weighted by Crippen LogP contribution is -2.50. The average molecular weight is 441 g/mol. The minimum Gasteiger partial charge on any atom is -0.444 e. The summed E-state index contributed by atoms with van der Waals surface area (Å²) in [6, 6.07) is -0.0503. The summed E-state index contributed by atoms with van der Waals surface area (Å²) in [7, 11) is 3.43. The number of morpholine rings is 1. The number of guanidine groups is 1. The second-order valence-corrected chi connectivity index (χ2v) is 9.30. The predicted octanol–water partition coefficient (Wildman–Crippen LogP) is 0.245. The topological polar surface area (TPSA) is 108 Å². The van der Waals surface area contributed by atoms with Crippen LogP contribution in [0.2, 0.25) is 0 Å². The molecule has 1 atom stereocenters. The van der Waals surface area contributed by atoms with Crippen LogP contribution in [0.4, 0.5) is 4.79 Å². The molecule has 1 heterocycles. The normalized spacial score (nSPS) is 18.8. The highest BCUT2D eigenvalue weighted by molar-refractivity contribution is 5.84. The molecule has 1 unspecified atom stereocenters. The fraction of sp³-hybridized carbons (Fsp3) is 0.857. The van der Waals surface area contributed by atoms with Crippen LogP contribution < -0.4 is 16.0 Å². The minimum atomic E-state index is -0.536. The first-order valence-electron chi connectivity index (χ1n) is 11.2. The molecule has 0 aromatic carbocycles. The first-order valence-corrected chi connectivity index (χ1v) is 11.2. The van der Waals surface area contributed by atoms with Crippen LogP contribution in [0.15, 0.2) is 4.99 Å². The summed E-state index contributed by atoms with van der Waals surface area (Å²) in [5.74, 6) is 0.929. The van der Waals surface area contributed by atoms with Crippen LogP contribution in [-0.4, -0.2) is 106 Å². The lowest BCUT2D eigenvalue weighted by molar-refractivity contribution is -0.127. The van der Waals surface area contributed by atoms with Gasteiger partial charge in [0.05, 0.1) is 19.3 Å². The van der Waals surface area contributed by atoms with E-state index >= 15 is 0 Å². The van der Waals surface area contributed by atoms with Crippen LogP contribution >= 0.6 is 0 Å². The maximum absolute atomic E-state index is 12.2. The highest BCUT2D eigenvalue weighted by Gasteiger charge is 2.33. The van der Waals surface area contributed by atoms with Gasteiger partial charge in [0.25, 0.3) is 0 Å². The lowest BCUT2D eigenvalue weighted by atomic mass is 10.2. The van der Waals surface area contributed by atoms with E-state index in [2.05, 4.69) is 25.8 Å². The van der Waals surface area contributed by atoms with Crippen molar-refractivity contribution in [1.82, 2.24) is 25.8 Å². The van der Waals surface area contributed by atoms with E-state index in [0.717, 1.165) is 45.7 Å². The van der Waals surface area contributed by atoms with Gasteiger partial charge in [0.2, 0.25) is 5.91 Å². The summed E-state index contributed by atoms with van der Waals surface area (Å²) in [4.78, 5) is 32.5. The van der Waals surface area contributed by atoms with Crippen molar-refractivity contribution in [1.29, 1.82) is 0 Å². The second kappa shape index (κ2) is 12.1. The standard InChI is InChI=1S/C21H40N6O4/c1-21(2,3)31-20(29)25-17(16-6-7-16)14-23-19(24-15-18(28)26(4)5)22-8-9-27-10-12-30-13-11-27/h16-17H,6-15H2,1-5H3,(H,25,29)(H2,22,23,24). The predicted molar refractivity (Wildman–Crippen MR) is 120 cm³/mol. The first-order chi connectivity index (χ1) is 14.6. The number of ether oxygens (including phenoxy) is 2. The largest absolute Gasteiger partial charge is 0.444 e. The maximum atomic E-state index is 12.2. The number of hydrogen-bond donors (Lipinski definition) is 3. The molecule has 2 fully saturated rings. The molecule has 1 aliphatic carbocycles. The molecule has 0 bridgehead atoms. The fourth-order valence-electron chi connectivity index (χ4n) is 3.12. The zero-order valence-corrected chi connectivity index (χ0v) is 19.7. The number of hydrogen-bond acceptors (Lipinski definition) is 6. The molecule has 2 amide bonds. The monoisotopic (exact) mass is 440 g/mol. The van der Waals surface area contributed by atoms with Crippen molar-refractivity contribution in [2.45, 2.75) is 45.3 Å². The van der Waals surface area contributed by atoms with E-state index in [1.807, 2.05) is 20.8 Å². The molecule has 0 aromatic heterocycles. The Balaban J connectivity index is 1.88. The number of amides is 2. The molecule has 1 aliphatic heterocycles. The molecule has 2 rings (SSSR count). The number of nitrogens with one attached hydrogen (secondary N) is 3. The Hall–Kier alpha value is -2.07. The Bertz CT molecular complexity index is 609. The molecule has 1 saturated heterocycles. The summed E-state index contributed by atoms with van der Waals surface area (Å²) in [5, 5.41) is 9.58. The van der Waals surface area contributed by atoms with E-state index in [9.17, 15) is 9.59 Å². The average Bonchev–Trinajstić information content (AvgIpc) is 3.52. The van der Waals surface area contributed by atoms with Crippen LogP contribution in [0.3, 0.4) is 0 Å². The molecule has 1 saturated carbocycles. The van der Waals surface area contributed by atoms with Crippen LogP contribution in [0.25, 0.3) is 0 Å². The molecule has 178 valence electrons. The summed E-state index contributed by atoms with van der Waals surface area (Å²) < 4.78 is 10.8. The molecule has 2 aliphatic rings. The van der Waals surface area contributed by atoms with Crippen molar-refractivity contribution in [2.75, 3.05) is 66.6 Å². The third kappa shape index (κ3) is 10.7. The zero-order chi connectivity index (χ0) is 22.9. The number of alkyl carbamates (subject to hydrolysis) is 1. The number of likely N-dealkylation sites (N-methyl/N-ethyl adjacent to an activating group) is 1. The summed E-state index contributed by atoms with van der Waals surface area (Å²) >= 11 is 0. The van der Waals surface area contributed by atoms with Crippen molar-refractivity contribution in [3.8, 4) is 0 Å². The number of carbonyl (C=O) groups is 2. The summed E-state index contributed by atoms with van der Waals surface area (Å²) in [5.41, 5.74) is -0.536. The van der Waals surface area contributed by atoms with Gasteiger partial charge >= 0.3 is 6.09 Å². The van der Waals surface area contributed by atoms with Crippen LogP contribution in [0, 0.1) is 5.92 Å². The van der Waals surface area contributed by atoms with Gasteiger partial charge in [0.15, 0.2) is 5.96 Å². The van der Waals surface area contributed by atoms with E-state index in [1.165, 1.54) is 4.90 Å². The molecule has 3 N–H and O–H groups in total. The van der Waals surface area contributed by atoms with E-state index in [1.54, 1.807) is 14.1 Å². The summed E-state index contributed by atoms with van der Waals surface area (Å²) in [6.07, 6.45) is 1.75. The molecule has 31 heavy (non-hydrogen) atoms. The van der Waals surface area contributed by atoms with Crippen molar-refractivity contribution >= 4 is 18.0 Å². The third-order valence-electron chi connectivity index (χ3n) is 5.08. The highest BCUT2D eigenvalue weighted by atomic mass is 16.6. The van der Waals surface area contributed by atoms with E-state index < -0.39 is 11.7 Å². The Morgan fingerprint density at radius 1 is 1.19 bits per heavy atom. The van der Waals surface area contributed by atoms with Crippen molar-refractivity contribution in [3.63, 3.8) is 0 Å². The zero-order valence-electron chi connectivity index (χ0n) is 19.7. The smallest absolute Gasteiger partial charge is 0.407 e. The Labute approximate surface area is 186 Å². The van der Waals surface area contributed by atoms with Gasteiger partial charge < -0.3 is 30.3 Å². The van der Waals surface area contributed by atoms with Crippen molar-refractivity contribution in [2.24, 2.45) is 10.9 Å². The molecule has 0 radical (unpaired) electrons. The van der Waals surface area contributed by atoms with Gasteiger partial charge in [-0.15, -0.1) is 0 Å². The third-order valence-corrected chi connectivity index (χ3v) is 5.08. The molecule has 10 nitrogen and oxygen atoms in total. The van der Waals surface area contributed by atoms with Gasteiger partial charge in [0, 0.05) is 46.8 Å². The van der Waals surface area contributed by atoms with Gasteiger partial charge in [-0.25, -0.2) is 9.79 Å². The second-order valence-electron chi connectivity index (χ2n) is 9.30. The summed E-state index contributed by atoms with van der Waals surface area (Å²) in [6.45, 7) is 11.1. The Morgan fingerprint density at radius 2 is 1.87 bits per heavy atom. The number of nitrogens with zero attached hydrogens (tertiary/aromatic N) is 3. The van der Waals surface area contributed by atoms with E-state index in [-0.39, 0.29) is 18.5 Å². The number of rotatable bonds is 9. The quantitative estimate of drug-likeness (QED) is 0.348. The van der Waals surface area contributed by atoms with E-state index in [4.69, 9.17) is 9.47 Å². The van der Waals surface area contributed by atoms with Gasteiger partial charge in [-0.2, -0.15) is 0 Å². The highest BCUT2D eigenvalue weighted by Crippen LogP contribution is 2.32. The molecular weight excluding hydrogens is 400 g/mol. The van der Waals surface area contributed by atoms with E-state index in [0.29, 0.717) is 25.0 Å². The first kappa shape index (κ1) is 25.2. The minimum absolute atomic E-state index is 0.0503. The van der Waals surface area contributed by atoms with Crippen LogP contribution in [0.5, 0.6) is 0 Å². The number of carbonyl (C=O) groups excluding carboxylic acids is 2. The van der Waals surface area contributed by atoms with Gasteiger partial charge in [-0.05, 0) is 39.5 Å². The molecule has 0 aromatic rings. The van der Waals surface area contributed by atoms with Crippen molar-refractivity contribution < 1.29 is 19.1 Å². The van der Waals surface area contributed by atoms with Crippen LogP contribution in [0.1, 0.15) is 33.6 Å². The van der Waals surface area contributed by atoms with Gasteiger partial charge in [-0.3, -0.25) is 9.69 Å². The van der Waals surface area contributed by atoms with Crippen LogP contribution in [-0.2, 0) is 14.3 Å². The van der Waals surface area contributed by atoms with Gasteiger partial charge in [-0.1, -0.05) is 0 Å². The number of aliphatic imine (C=N–C) groups is 1.